The molecule has 0 atom stereocenters. The van der Waals surface area contributed by atoms with Crippen LogP contribution >= 0.6 is 23.2 Å². The zero-order chi connectivity index (χ0) is 15.5. The number of benzene rings is 2. The van der Waals surface area contributed by atoms with Crippen LogP contribution in [0.15, 0.2) is 52.9 Å². The molecular formula is C17H12Cl2N2O. The molecule has 22 heavy (non-hydrogen) atoms. The Morgan fingerprint density at radius 2 is 1.86 bits per heavy atom. The van der Waals surface area contributed by atoms with Crippen LogP contribution < -0.4 is 0 Å². The molecule has 0 radical (unpaired) electrons. The minimum atomic E-state index is 0.285. The smallest absolute Gasteiger partial charge is 0.259 e. The van der Waals surface area contributed by atoms with Gasteiger partial charge in [0.15, 0.2) is 0 Å². The van der Waals surface area contributed by atoms with Crippen LogP contribution in [0.25, 0.3) is 22.6 Å². The van der Waals surface area contributed by atoms with Crippen molar-refractivity contribution in [3.63, 3.8) is 0 Å². The number of rotatable bonds is 3. The van der Waals surface area contributed by atoms with Crippen molar-refractivity contribution < 1.29 is 4.42 Å². The molecular weight excluding hydrogens is 319 g/mol. The van der Waals surface area contributed by atoms with E-state index >= 15 is 0 Å². The molecule has 110 valence electrons. The second-order valence-corrected chi connectivity index (χ2v) is 5.67. The maximum absolute atomic E-state index is 6.24. The van der Waals surface area contributed by atoms with Gasteiger partial charge in [-0.05, 0) is 42.8 Å². The molecule has 0 fully saturated rings. The van der Waals surface area contributed by atoms with Crippen LogP contribution in [0.5, 0.6) is 0 Å². The average molecular weight is 331 g/mol. The normalized spacial score (nSPS) is 11.7. The van der Waals surface area contributed by atoms with Gasteiger partial charge in [-0.3, -0.25) is 0 Å². The first kappa shape index (κ1) is 14.8. The molecule has 0 amide bonds. The van der Waals surface area contributed by atoms with Crippen LogP contribution in [0.2, 0.25) is 5.02 Å². The number of hydrogen-bond donors (Lipinski definition) is 0. The van der Waals surface area contributed by atoms with Gasteiger partial charge in [0.1, 0.15) is 5.03 Å². The van der Waals surface area contributed by atoms with Crippen molar-refractivity contribution >= 4 is 34.3 Å². The van der Waals surface area contributed by atoms with Gasteiger partial charge in [-0.15, -0.1) is 10.2 Å². The highest BCUT2D eigenvalue weighted by molar-refractivity contribution is 6.50. The third-order valence-electron chi connectivity index (χ3n) is 3.06. The maximum Gasteiger partial charge on any atom is 0.259 e. The van der Waals surface area contributed by atoms with Crippen molar-refractivity contribution in [3.8, 4) is 11.5 Å². The van der Waals surface area contributed by atoms with Crippen LogP contribution in [-0.2, 0) is 0 Å². The fourth-order valence-electron chi connectivity index (χ4n) is 1.98. The van der Waals surface area contributed by atoms with E-state index in [1.165, 1.54) is 0 Å². The summed E-state index contributed by atoms with van der Waals surface area (Å²) in [5.74, 6) is 0.731. The molecule has 0 aliphatic rings. The number of aryl methyl sites for hydroxylation is 1. The number of nitrogens with zero attached hydrogens (tertiary/aromatic N) is 2. The molecule has 0 unspecified atom stereocenters. The lowest BCUT2D eigenvalue weighted by Gasteiger charge is -1.97. The fraction of sp³-hybridized carbons (Fsp3) is 0.0588. The van der Waals surface area contributed by atoms with Crippen LogP contribution in [0, 0.1) is 6.92 Å². The predicted octanol–water partition coefficient (Wildman–Crippen LogP) is 5.44. The molecule has 0 saturated carbocycles. The molecule has 0 bridgehead atoms. The standard InChI is InChI=1S/C17H12Cl2N2O/c1-11-3-2-4-13(9-11)16-20-21-17(22-16)15(19)10-12-5-7-14(18)8-6-12/h2-10H,1H3/b15-10-. The summed E-state index contributed by atoms with van der Waals surface area (Å²) in [6.07, 6.45) is 1.76. The Morgan fingerprint density at radius 1 is 1.09 bits per heavy atom. The Balaban J connectivity index is 1.88. The molecule has 5 heteroatoms. The molecule has 1 heterocycles. The van der Waals surface area contributed by atoms with Crippen molar-refractivity contribution in [2.75, 3.05) is 0 Å². The molecule has 0 saturated heterocycles. The summed E-state index contributed by atoms with van der Waals surface area (Å²) >= 11 is 12.1. The molecule has 0 N–H and O–H groups in total. The van der Waals surface area contributed by atoms with Crippen molar-refractivity contribution in [2.24, 2.45) is 0 Å². The zero-order valence-electron chi connectivity index (χ0n) is 11.8. The second-order valence-electron chi connectivity index (χ2n) is 4.83. The zero-order valence-corrected chi connectivity index (χ0v) is 13.3. The number of hydrogen-bond acceptors (Lipinski definition) is 3. The number of halogens is 2. The molecule has 3 nitrogen and oxygen atoms in total. The van der Waals surface area contributed by atoms with Crippen molar-refractivity contribution in [3.05, 3.63) is 70.6 Å². The highest BCUT2D eigenvalue weighted by atomic mass is 35.5. The summed E-state index contributed by atoms with van der Waals surface area (Å²) in [7, 11) is 0. The van der Waals surface area contributed by atoms with E-state index in [2.05, 4.69) is 10.2 Å². The first-order valence-corrected chi connectivity index (χ1v) is 7.41. The Bertz CT molecular complexity index is 823. The third-order valence-corrected chi connectivity index (χ3v) is 3.58. The quantitative estimate of drug-likeness (QED) is 0.642. The van der Waals surface area contributed by atoms with Gasteiger partial charge in [-0.1, -0.05) is 53.0 Å². The predicted molar refractivity (Wildman–Crippen MR) is 89.6 cm³/mol. The van der Waals surface area contributed by atoms with Gasteiger partial charge in [-0.25, -0.2) is 0 Å². The molecule has 3 rings (SSSR count). The van der Waals surface area contributed by atoms with Gasteiger partial charge < -0.3 is 4.42 Å². The van der Waals surface area contributed by atoms with Gasteiger partial charge >= 0.3 is 0 Å². The van der Waals surface area contributed by atoms with Crippen molar-refractivity contribution in [1.82, 2.24) is 10.2 Å². The Kier molecular flexibility index (Phi) is 4.27. The lowest BCUT2D eigenvalue weighted by molar-refractivity contribution is 0.556. The van der Waals surface area contributed by atoms with E-state index in [1.54, 1.807) is 18.2 Å². The highest BCUT2D eigenvalue weighted by Crippen LogP contribution is 2.25. The topological polar surface area (TPSA) is 38.9 Å². The summed E-state index contributed by atoms with van der Waals surface area (Å²) in [5.41, 5.74) is 2.90. The molecule has 1 aromatic heterocycles. The summed E-state index contributed by atoms with van der Waals surface area (Å²) in [5, 5.41) is 9.09. The second kappa shape index (κ2) is 6.34. The molecule has 0 aliphatic heterocycles. The van der Waals surface area contributed by atoms with E-state index in [4.69, 9.17) is 27.6 Å². The summed E-state index contributed by atoms with van der Waals surface area (Å²) in [6, 6.07) is 15.2. The average Bonchev–Trinajstić information content (AvgIpc) is 3.00. The lowest BCUT2D eigenvalue weighted by Crippen LogP contribution is -1.79. The first-order valence-electron chi connectivity index (χ1n) is 6.65. The summed E-state index contributed by atoms with van der Waals surface area (Å²) in [4.78, 5) is 0. The van der Waals surface area contributed by atoms with Crippen LogP contribution in [0.3, 0.4) is 0 Å². The van der Waals surface area contributed by atoms with E-state index in [9.17, 15) is 0 Å². The van der Waals surface area contributed by atoms with Crippen LogP contribution in [0.4, 0.5) is 0 Å². The Morgan fingerprint density at radius 3 is 2.59 bits per heavy atom. The van der Waals surface area contributed by atoms with Gasteiger partial charge in [0.05, 0.1) is 0 Å². The Hall–Kier alpha value is -2.10. The maximum atomic E-state index is 6.24. The molecule has 0 spiro atoms. The van der Waals surface area contributed by atoms with Crippen molar-refractivity contribution in [2.45, 2.75) is 6.92 Å². The van der Waals surface area contributed by atoms with Crippen LogP contribution in [0.1, 0.15) is 17.0 Å². The van der Waals surface area contributed by atoms with Gasteiger partial charge in [-0.2, -0.15) is 0 Å². The molecule has 0 aliphatic carbocycles. The van der Waals surface area contributed by atoms with E-state index in [0.717, 1.165) is 16.7 Å². The van der Waals surface area contributed by atoms with E-state index in [-0.39, 0.29) is 5.89 Å². The minimum Gasteiger partial charge on any atom is -0.415 e. The van der Waals surface area contributed by atoms with E-state index in [1.807, 2.05) is 43.3 Å². The van der Waals surface area contributed by atoms with Gasteiger partial charge in [0, 0.05) is 10.6 Å². The molecule has 3 aromatic rings. The fourth-order valence-corrected chi connectivity index (χ4v) is 2.31. The minimum absolute atomic E-state index is 0.285. The summed E-state index contributed by atoms with van der Waals surface area (Å²) < 4.78 is 5.63. The van der Waals surface area contributed by atoms with Crippen molar-refractivity contribution in [1.29, 1.82) is 0 Å². The molecule has 2 aromatic carbocycles. The lowest BCUT2D eigenvalue weighted by atomic mass is 10.1. The monoisotopic (exact) mass is 330 g/mol. The van der Waals surface area contributed by atoms with E-state index in [0.29, 0.717) is 15.9 Å². The first-order chi connectivity index (χ1) is 10.6. The van der Waals surface area contributed by atoms with Gasteiger partial charge in [0.2, 0.25) is 5.89 Å². The largest absolute Gasteiger partial charge is 0.415 e. The van der Waals surface area contributed by atoms with Crippen LogP contribution in [-0.4, -0.2) is 10.2 Å². The van der Waals surface area contributed by atoms with Gasteiger partial charge in [0.25, 0.3) is 5.89 Å². The summed E-state index contributed by atoms with van der Waals surface area (Å²) in [6.45, 7) is 2.01. The Labute approximate surface area is 138 Å². The number of aromatic nitrogens is 2. The third kappa shape index (κ3) is 3.38. The van der Waals surface area contributed by atoms with E-state index < -0.39 is 0 Å². The SMILES string of the molecule is Cc1cccc(-c2nnc(/C(Cl)=C/c3ccc(Cl)cc3)o2)c1. The highest BCUT2D eigenvalue weighted by Gasteiger charge is 2.11.